The second kappa shape index (κ2) is 13.2. The maximum Gasteiger partial charge on any atom is 0.143 e. The lowest BCUT2D eigenvalue weighted by atomic mass is 9.93. The number of para-hydroxylation sites is 1. The van der Waals surface area contributed by atoms with Gasteiger partial charge in [-0.25, -0.2) is 0 Å². The van der Waals surface area contributed by atoms with E-state index in [-0.39, 0.29) is 0 Å². The van der Waals surface area contributed by atoms with Crippen LogP contribution < -0.4 is 4.90 Å². The molecule has 0 aliphatic carbocycles. The molecular formula is C54H35NO. The maximum absolute atomic E-state index is 6.73. The number of anilines is 3. The first-order valence-corrected chi connectivity index (χ1v) is 19.2. The largest absolute Gasteiger partial charge is 0.455 e. The van der Waals surface area contributed by atoms with Crippen LogP contribution in [-0.2, 0) is 0 Å². The van der Waals surface area contributed by atoms with Crippen molar-refractivity contribution in [2.45, 2.75) is 0 Å². The van der Waals surface area contributed by atoms with Crippen molar-refractivity contribution in [1.29, 1.82) is 0 Å². The summed E-state index contributed by atoms with van der Waals surface area (Å²) < 4.78 is 6.73. The van der Waals surface area contributed by atoms with E-state index in [9.17, 15) is 0 Å². The van der Waals surface area contributed by atoms with Crippen LogP contribution in [0.1, 0.15) is 0 Å². The highest BCUT2D eigenvalue weighted by molar-refractivity contribution is 6.16. The fraction of sp³-hybridized carbons (Fsp3) is 0. The number of hydrogen-bond acceptors (Lipinski definition) is 2. The molecule has 262 valence electrons. The molecule has 1 aromatic heterocycles. The number of rotatable bonds is 6. The summed E-state index contributed by atoms with van der Waals surface area (Å²) in [5, 5.41) is 11.0. The second-order valence-electron chi connectivity index (χ2n) is 14.5. The molecule has 10 aromatic carbocycles. The standard InChI is InChI=1S/C54H35NO/c1-2-15-37(16-3-1)53-49-27-12-13-28-52(49)56-54(53)40-19-14-20-42(33-40)55(51-35-39-18-5-7-22-44(39)46-24-10-11-26-48(46)51)41-31-29-36(30-32-41)50-34-38-17-4-6-21-43(38)45-23-8-9-25-47(45)50/h1-35H. The highest BCUT2D eigenvalue weighted by Crippen LogP contribution is 2.46. The van der Waals surface area contributed by atoms with Crippen LogP contribution in [0.3, 0.4) is 0 Å². The third kappa shape index (κ3) is 5.26. The topological polar surface area (TPSA) is 16.4 Å². The summed E-state index contributed by atoms with van der Waals surface area (Å²) in [5.74, 6) is 0.862. The van der Waals surface area contributed by atoms with Crippen LogP contribution in [0.4, 0.5) is 17.1 Å². The SMILES string of the molecule is c1ccc(-c2c(-c3cccc(N(c4ccc(-c5cc6ccccc6c6ccccc56)cc4)c4cc5ccccc5c5ccccc45)c3)oc3ccccc23)cc1. The Kier molecular flexibility index (Phi) is 7.53. The average molecular weight is 714 g/mol. The summed E-state index contributed by atoms with van der Waals surface area (Å²) in [5.41, 5.74) is 9.79. The summed E-state index contributed by atoms with van der Waals surface area (Å²) >= 11 is 0. The van der Waals surface area contributed by atoms with E-state index in [4.69, 9.17) is 4.42 Å². The first kappa shape index (κ1) is 32.0. The normalized spacial score (nSPS) is 11.6. The predicted octanol–water partition coefficient (Wildman–Crippen LogP) is 15.5. The number of nitrogens with zero attached hydrogens (tertiary/aromatic N) is 1. The molecule has 0 unspecified atom stereocenters. The Bertz CT molecular complexity index is 3250. The van der Waals surface area contributed by atoms with Gasteiger partial charge in [0, 0.05) is 33.3 Å². The molecule has 0 N–H and O–H groups in total. The van der Waals surface area contributed by atoms with Crippen LogP contribution in [0.15, 0.2) is 217 Å². The zero-order valence-corrected chi connectivity index (χ0v) is 30.6. The third-order valence-corrected chi connectivity index (χ3v) is 11.2. The molecule has 0 spiro atoms. The molecule has 2 nitrogen and oxygen atoms in total. The van der Waals surface area contributed by atoms with Crippen LogP contribution in [0.2, 0.25) is 0 Å². The number of furan rings is 1. The van der Waals surface area contributed by atoms with Crippen LogP contribution in [0, 0.1) is 0 Å². The van der Waals surface area contributed by atoms with Gasteiger partial charge >= 0.3 is 0 Å². The van der Waals surface area contributed by atoms with Gasteiger partial charge in [0.25, 0.3) is 0 Å². The molecule has 0 radical (unpaired) electrons. The average Bonchev–Trinajstić information content (AvgIpc) is 3.67. The molecule has 0 saturated heterocycles. The van der Waals surface area contributed by atoms with Gasteiger partial charge in [-0.2, -0.15) is 0 Å². The van der Waals surface area contributed by atoms with Crippen molar-refractivity contribution in [3.8, 4) is 33.6 Å². The van der Waals surface area contributed by atoms with Crippen LogP contribution in [0.25, 0.3) is 87.6 Å². The first-order chi connectivity index (χ1) is 27.8. The molecular weight excluding hydrogens is 679 g/mol. The van der Waals surface area contributed by atoms with E-state index in [2.05, 4.69) is 211 Å². The van der Waals surface area contributed by atoms with Gasteiger partial charge in [-0.05, 0) is 96.9 Å². The van der Waals surface area contributed by atoms with E-state index in [1.165, 1.54) is 54.2 Å². The fourth-order valence-electron chi connectivity index (χ4n) is 8.66. The Balaban J connectivity index is 1.13. The Hall–Kier alpha value is -7.42. The molecule has 0 fully saturated rings. The second-order valence-corrected chi connectivity index (χ2v) is 14.5. The Morgan fingerprint density at radius 2 is 0.875 bits per heavy atom. The first-order valence-electron chi connectivity index (χ1n) is 19.2. The van der Waals surface area contributed by atoms with Gasteiger partial charge in [-0.15, -0.1) is 0 Å². The highest BCUT2D eigenvalue weighted by atomic mass is 16.3. The van der Waals surface area contributed by atoms with E-state index in [1.54, 1.807) is 0 Å². The van der Waals surface area contributed by atoms with Gasteiger partial charge in [0.15, 0.2) is 0 Å². The van der Waals surface area contributed by atoms with Gasteiger partial charge < -0.3 is 9.32 Å². The van der Waals surface area contributed by atoms with Crippen molar-refractivity contribution in [1.82, 2.24) is 0 Å². The quantitative estimate of drug-likeness (QED) is 0.160. The van der Waals surface area contributed by atoms with Crippen molar-refractivity contribution < 1.29 is 4.42 Å². The minimum Gasteiger partial charge on any atom is -0.455 e. The van der Waals surface area contributed by atoms with Crippen LogP contribution in [-0.4, -0.2) is 0 Å². The molecule has 0 aliphatic rings. The monoisotopic (exact) mass is 713 g/mol. The molecule has 11 aromatic rings. The fourth-order valence-corrected chi connectivity index (χ4v) is 8.66. The Morgan fingerprint density at radius 3 is 1.61 bits per heavy atom. The lowest BCUT2D eigenvalue weighted by molar-refractivity contribution is 0.632. The smallest absolute Gasteiger partial charge is 0.143 e. The van der Waals surface area contributed by atoms with Crippen molar-refractivity contribution in [3.63, 3.8) is 0 Å². The zero-order valence-electron chi connectivity index (χ0n) is 30.6. The minimum atomic E-state index is 0.862. The molecule has 11 rings (SSSR count). The van der Waals surface area contributed by atoms with Gasteiger partial charge in [-0.1, -0.05) is 170 Å². The van der Waals surface area contributed by atoms with E-state index in [0.717, 1.165) is 50.5 Å². The van der Waals surface area contributed by atoms with Crippen LogP contribution >= 0.6 is 0 Å². The van der Waals surface area contributed by atoms with E-state index in [1.807, 2.05) is 6.07 Å². The van der Waals surface area contributed by atoms with Gasteiger partial charge in [0.05, 0.1) is 5.69 Å². The van der Waals surface area contributed by atoms with Gasteiger partial charge in [-0.3, -0.25) is 0 Å². The van der Waals surface area contributed by atoms with Crippen molar-refractivity contribution in [3.05, 3.63) is 212 Å². The Morgan fingerprint density at radius 1 is 0.321 bits per heavy atom. The molecule has 0 amide bonds. The maximum atomic E-state index is 6.73. The van der Waals surface area contributed by atoms with Crippen molar-refractivity contribution in [2.75, 3.05) is 4.90 Å². The molecule has 0 atom stereocenters. The van der Waals surface area contributed by atoms with Crippen LogP contribution in [0.5, 0.6) is 0 Å². The van der Waals surface area contributed by atoms with Crippen molar-refractivity contribution >= 4 is 71.1 Å². The summed E-state index contributed by atoms with van der Waals surface area (Å²) in [7, 11) is 0. The van der Waals surface area contributed by atoms with Gasteiger partial charge in [0.1, 0.15) is 11.3 Å². The Labute approximate surface area is 325 Å². The van der Waals surface area contributed by atoms with Crippen molar-refractivity contribution in [2.24, 2.45) is 0 Å². The predicted molar refractivity (Wildman–Crippen MR) is 237 cm³/mol. The molecule has 0 aliphatic heterocycles. The zero-order chi connectivity index (χ0) is 37.0. The molecule has 2 heteroatoms. The van der Waals surface area contributed by atoms with E-state index >= 15 is 0 Å². The summed E-state index contributed by atoms with van der Waals surface area (Å²) in [6, 6.07) is 76.4. The summed E-state index contributed by atoms with van der Waals surface area (Å²) in [6.45, 7) is 0. The molecule has 0 saturated carbocycles. The minimum absolute atomic E-state index is 0.862. The number of benzene rings is 10. The van der Waals surface area contributed by atoms with E-state index < -0.39 is 0 Å². The molecule has 56 heavy (non-hydrogen) atoms. The number of hydrogen-bond donors (Lipinski definition) is 0. The molecule has 0 bridgehead atoms. The highest BCUT2D eigenvalue weighted by Gasteiger charge is 2.22. The lowest BCUT2D eigenvalue weighted by Gasteiger charge is -2.28. The third-order valence-electron chi connectivity index (χ3n) is 11.2. The number of fused-ring (bicyclic) bond motifs is 7. The summed E-state index contributed by atoms with van der Waals surface area (Å²) in [6.07, 6.45) is 0. The summed E-state index contributed by atoms with van der Waals surface area (Å²) in [4.78, 5) is 2.41. The molecule has 1 heterocycles. The van der Waals surface area contributed by atoms with Gasteiger partial charge in [0.2, 0.25) is 0 Å². The van der Waals surface area contributed by atoms with E-state index in [0.29, 0.717) is 0 Å². The lowest BCUT2D eigenvalue weighted by Crippen LogP contribution is -2.11.